The van der Waals surface area contributed by atoms with E-state index in [0.717, 1.165) is 12.8 Å². The van der Waals surface area contributed by atoms with E-state index >= 15 is 0 Å². The molecule has 0 rings (SSSR count). The van der Waals surface area contributed by atoms with E-state index in [4.69, 9.17) is 0 Å². The van der Waals surface area contributed by atoms with Gasteiger partial charge in [0.15, 0.2) is 0 Å². The van der Waals surface area contributed by atoms with Crippen LogP contribution in [-0.4, -0.2) is 24.9 Å². The largest absolute Gasteiger partial charge is 0.357 e. The van der Waals surface area contributed by atoms with E-state index in [1.165, 1.54) is 6.92 Å². The second-order valence-electron chi connectivity index (χ2n) is 3.01. The van der Waals surface area contributed by atoms with Crippen LogP contribution < -0.4 is 10.6 Å². The van der Waals surface area contributed by atoms with Crippen LogP contribution in [0.1, 0.15) is 33.1 Å². The molecule has 1 atom stereocenters. The lowest BCUT2D eigenvalue weighted by Crippen LogP contribution is -2.44. The molecule has 4 nitrogen and oxygen atoms in total. The van der Waals surface area contributed by atoms with Crippen LogP contribution in [0.5, 0.6) is 0 Å². The van der Waals surface area contributed by atoms with Gasteiger partial charge in [0.2, 0.25) is 11.8 Å². The van der Waals surface area contributed by atoms with Crippen LogP contribution in [0.3, 0.4) is 0 Å². The number of carbonyl (C=O) groups is 2. The molecule has 0 aromatic carbocycles. The zero-order chi connectivity index (χ0) is 10.3. The lowest BCUT2D eigenvalue weighted by Gasteiger charge is -2.15. The van der Waals surface area contributed by atoms with Gasteiger partial charge in [-0.05, 0) is 6.42 Å². The zero-order valence-electron chi connectivity index (χ0n) is 8.52. The zero-order valence-corrected chi connectivity index (χ0v) is 8.52. The number of hydrogen-bond donors (Lipinski definition) is 2. The maximum atomic E-state index is 11.2. The van der Waals surface area contributed by atoms with E-state index < -0.39 is 0 Å². The summed E-state index contributed by atoms with van der Waals surface area (Å²) in [6, 6.07) is -0.373. The van der Waals surface area contributed by atoms with Crippen molar-refractivity contribution >= 4 is 11.8 Å². The molecule has 2 amide bonds. The quantitative estimate of drug-likeness (QED) is 0.654. The molecule has 0 saturated heterocycles. The van der Waals surface area contributed by atoms with Gasteiger partial charge in [0.05, 0.1) is 0 Å². The van der Waals surface area contributed by atoms with Gasteiger partial charge >= 0.3 is 0 Å². The summed E-state index contributed by atoms with van der Waals surface area (Å²) in [5.41, 5.74) is 0. The highest BCUT2D eigenvalue weighted by atomic mass is 16.2. The molecule has 0 fully saturated rings. The average molecular weight is 186 g/mol. The Hall–Kier alpha value is -1.06. The van der Waals surface area contributed by atoms with Crippen LogP contribution in [0, 0.1) is 0 Å². The fraction of sp³-hybridized carbons (Fsp3) is 0.778. The molecular weight excluding hydrogens is 168 g/mol. The van der Waals surface area contributed by atoms with Crippen molar-refractivity contribution in [1.29, 1.82) is 0 Å². The van der Waals surface area contributed by atoms with E-state index in [-0.39, 0.29) is 17.9 Å². The third kappa shape index (κ3) is 5.22. The number of hydrogen-bond acceptors (Lipinski definition) is 2. The molecule has 0 unspecified atom stereocenters. The van der Waals surface area contributed by atoms with Crippen molar-refractivity contribution in [2.75, 3.05) is 7.05 Å². The van der Waals surface area contributed by atoms with Gasteiger partial charge in [0, 0.05) is 14.0 Å². The molecule has 0 aromatic heterocycles. The van der Waals surface area contributed by atoms with Crippen molar-refractivity contribution in [3.05, 3.63) is 0 Å². The summed E-state index contributed by atoms with van der Waals surface area (Å²) in [6.45, 7) is 3.47. The summed E-state index contributed by atoms with van der Waals surface area (Å²) in [5, 5.41) is 5.14. The van der Waals surface area contributed by atoms with E-state index in [9.17, 15) is 9.59 Å². The normalized spacial score (nSPS) is 11.9. The molecule has 0 radical (unpaired) electrons. The van der Waals surface area contributed by atoms with Gasteiger partial charge in [-0.25, -0.2) is 0 Å². The maximum Gasteiger partial charge on any atom is 0.242 e. The van der Waals surface area contributed by atoms with Crippen LogP contribution in [0.15, 0.2) is 0 Å². The molecule has 0 bridgehead atoms. The molecule has 13 heavy (non-hydrogen) atoms. The van der Waals surface area contributed by atoms with Crippen molar-refractivity contribution in [2.24, 2.45) is 0 Å². The molecular formula is C9H18N2O2. The van der Waals surface area contributed by atoms with Crippen molar-refractivity contribution < 1.29 is 9.59 Å². The first-order valence-corrected chi connectivity index (χ1v) is 4.60. The van der Waals surface area contributed by atoms with Gasteiger partial charge in [-0.2, -0.15) is 0 Å². The number of carbonyl (C=O) groups excluding carboxylic acids is 2. The first kappa shape index (κ1) is 11.9. The molecule has 2 N–H and O–H groups in total. The minimum absolute atomic E-state index is 0.122. The predicted molar refractivity (Wildman–Crippen MR) is 51.2 cm³/mol. The van der Waals surface area contributed by atoms with Gasteiger partial charge in [0.1, 0.15) is 6.04 Å². The van der Waals surface area contributed by atoms with Gasteiger partial charge in [-0.3, -0.25) is 9.59 Å². The lowest BCUT2D eigenvalue weighted by atomic mass is 10.1. The Labute approximate surface area is 79.1 Å². The van der Waals surface area contributed by atoms with Crippen LogP contribution in [0.4, 0.5) is 0 Å². The van der Waals surface area contributed by atoms with E-state index in [0.29, 0.717) is 6.42 Å². The number of likely N-dealkylation sites (N-methyl/N-ethyl adjacent to an activating group) is 1. The lowest BCUT2D eigenvalue weighted by molar-refractivity contribution is -0.127. The number of rotatable bonds is 5. The Balaban J connectivity index is 4.02. The first-order chi connectivity index (χ1) is 6.11. The minimum atomic E-state index is -0.373. The van der Waals surface area contributed by atoms with Gasteiger partial charge in [0.25, 0.3) is 0 Å². The Morgan fingerprint density at radius 3 is 2.38 bits per heavy atom. The molecule has 0 aliphatic heterocycles. The SMILES string of the molecule is CCCC[C@@H](NC(C)=O)C(=O)NC. The number of unbranched alkanes of at least 4 members (excludes halogenated alkanes) is 1. The van der Waals surface area contributed by atoms with Crippen molar-refractivity contribution in [3.63, 3.8) is 0 Å². The van der Waals surface area contributed by atoms with Crippen molar-refractivity contribution in [1.82, 2.24) is 10.6 Å². The second kappa shape index (κ2) is 6.46. The summed E-state index contributed by atoms with van der Waals surface area (Å²) in [4.78, 5) is 22.0. The third-order valence-electron chi connectivity index (χ3n) is 1.79. The molecule has 0 aliphatic carbocycles. The Kier molecular flexibility index (Phi) is 5.93. The van der Waals surface area contributed by atoms with Crippen LogP contribution in [-0.2, 0) is 9.59 Å². The Bertz CT molecular complexity index is 180. The van der Waals surface area contributed by atoms with E-state index in [1.807, 2.05) is 0 Å². The van der Waals surface area contributed by atoms with Crippen LogP contribution in [0.2, 0.25) is 0 Å². The topological polar surface area (TPSA) is 58.2 Å². The van der Waals surface area contributed by atoms with Crippen LogP contribution in [0.25, 0.3) is 0 Å². The molecule has 0 aromatic rings. The predicted octanol–water partition coefficient (Wildman–Crippen LogP) is 0.427. The van der Waals surface area contributed by atoms with Gasteiger partial charge < -0.3 is 10.6 Å². The Morgan fingerprint density at radius 2 is 2.00 bits per heavy atom. The van der Waals surface area contributed by atoms with Gasteiger partial charge in [-0.15, -0.1) is 0 Å². The highest BCUT2D eigenvalue weighted by Gasteiger charge is 2.16. The average Bonchev–Trinajstić information content (AvgIpc) is 2.10. The summed E-state index contributed by atoms with van der Waals surface area (Å²) >= 11 is 0. The minimum Gasteiger partial charge on any atom is -0.357 e. The summed E-state index contributed by atoms with van der Waals surface area (Å²) < 4.78 is 0. The highest BCUT2D eigenvalue weighted by molar-refractivity contribution is 5.86. The molecule has 4 heteroatoms. The fourth-order valence-corrected chi connectivity index (χ4v) is 1.10. The molecule has 0 saturated carbocycles. The standard InChI is InChI=1S/C9H18N2O2/c1-4-5-6-8(9(13)10-3)11-7(2)12/h8H,4-6H2,1-3H3,(H,10,13)(H,11,12)/t8-/m1/s1. The van der Waals surface area contributed by atoms with E-state index in [1.54, 1.807) is 7.05 Å². The third-order valence-corrected chi connectivity index (χ3v) is 1.79. The maximum absolute atomic E-state index is 11.2. The number of amides is 2. The summed E-state index contributed by atoms with van der Waals surface area (Å²) in [5.74, 6) is -0.284. The molecule has 76 valence electrons. The van der Waals surface area contributed by atoms with Gasteiger partial charge in [-0.1, -0.05) is 19.8 Å². The monoisotopic (exact) mass is 186 g/mol. The molecule has 0 heterocycles. The fourth-order valence-electron chi connectivity index (χ4n) is 1.10. The highest BCUT2D eigenvalue weighted by Crippen LogP contribution is 2.00. The second-order valence-corrected chi connectivity index (χ2v) is 3.01. The first-order valence-electron chi connectivity index (χ1n) is 4.60. The Morgan fingerprint density at radius 1 is 1.38 bits per heavy atom. The number of nitrogens with one attached hydrogen (secondary N) is 2. The summed E-state index contributed by atoms with van der Waals surface area (Å²) in [7, 11) is 1.57. The summed E-state index contributed by atoms with van der Waals surface area (Å²) in [6.07, 6.45) is 2.67. The molecule has 0 spiro atoms. The van der Waals surface area contributed by atoms with E-state index in [2.05, 4.69) is 17.6 Å². The van der Waals surface area contributed by atoms with Crippen molar-refractivity contribution in [3.8, 4) is 0 Å². The smallest absolute Gasteiger partial charge is 0.242 e. The van der Waals surface area contributed by atoms with Crippen molar-refractivity contribution in [2.45, 2.75) is 39.2 Å². The van der Waals surface area contributed by atoms with Crippen LogP contribution >= 0.6 is 0 Å². The molecule has 0 aliphatic rings.